The number of anilines is 4. The number of rotatable bonds is 7. The number of nitrogens with zero attached hydrogens (tertiary/aromatic N) is 2. The van der Waals surface area contributed by atoms with Crippen LogP contribution in [0.3, 0.4) is 0 Å². The minimum absolute atomic E-state index is 0.190. The summed E-state index contributed by atoms with van der Waals surface area (Å²) in [5.41, 5.74) is 1.50. The number of hydrogen-bond donors (Lipinski definition) is 3. The Balaban J connectivity index is 1.88. The SMILES string of the molecule is COc1ccc(OC)c(Nc2cc(Nc3cccc(C(=O)O)c3)nc(C)n2)c1. The number of aromatic carboxylic acids is 1. The van der Waals surface area contributed by atoms with Crippen LogP contribution in [-0.4, -0.2) is 35.3 Å². The zero-order valence-corrected chi connectivity index (χ0v) is 15.7. The molecule has 0 aliphatic heterocycles. The zero-order chi connectivity index (χ0) is 20.1. The van der Waals surface area contributed by atoms with E-state index in [-0.39, 0.29) is 5.56 Å². The molecular formula is C20H20N4O4. The fraction of sp³-hybridized carbons (Fsp3) is 0.150. The molecule has 1 heterocycles. The lowest BCUT2D eigenvalue weighted by atomic mass is 10.2. The third-order valence-corrected chi connectivity index (χ3v) is 3.89. The number of aryl methyl sites for hydroxylation is 1. The van der Waals surface area contributed by atoms with E-state index in [0.29, 0.717) is 40.3 Å². The minimum atomic E-state index is -0.991. The maximum atomic E-state index is 11.1. The van der Waals surface area contributed by atoms with Crippen molar-refractivity contribution in [3.63, 3.8) is 0 Å². The van der Waals surface area contributed by atoms with E-state index in [0.717, 1.165) is 0 Å². The van der Waals surface area contributed by atoms with Gasteiger partial charge in [-0.25, -0.2) is 14.8 Å². The second kappa shape index (κ2) is 8.26. The van der Waals surface area contributed by atoms with Gasteiger partial charge in [-0.3, -0.25) is 0 Å². The van der Waals surface area contributed by atoms with Crippen LogP contribution in [0.15, 0.2) is 48.5 Å². The lowest BCUT2D eigenvalue weighted by Gasteiger charge is -2.14. The standard InChI is InChI=1S/C20H20N4O4/c1-12-21-18(23-14-6-4-5-13(9-14)20(25)26)11-19(22-12)24-16-10-15(27-2)7-8-17(16)28-3/h4-11H,1-3H3,(H,25,26)(H2,21,22,23,24). The number of carbonyl (C=O) groups is 1. The van der Waals surface area contributed by atoms with Crippen molar-refractivity contribution in [1.82, 2.24) is 9.97 Å². The summed E-state index contributed by atoms with van der Waals surface area (Å²) in [6, 6.07) is 13.6. The summed E-state index contributed by atoms with van der Waals surface area (Å²) in [5.74, 6) is 1.95. The quantitative estimate of drug-likeness (QED) is 0.565. The molecule has 1 aromatic heterocycles. The molecule has 3 N–H and O–H groups in total. The van der Waals surface area contributed by atoms with E-state index in [2.05, 4.69) is 20.6 Å². The van der Waals surface area contributed by atoms with E-state index in [1.807, 2.05) is 0 Å². The number of methoxy groups -OCH3 is 2. The van der Waals surface area contributed by atoms with Crippen molar-refractivity contribution in [1.29, 1.82) is 0 Å². The summed E-state index contributed by atoms with van der Waals surface area (Å²) in [7, 11) is 3.17. The molecule has 8 heteroatoms. The van der Waals surface area contributed by atoms with E-state index in [9.17, 15) is 4.79 Å². The van der Waals surface area contributed by atoms with Crippen molar-refractivity contribution in [3.05, 3.63) is 59.9 Å². The van der Waals surface area contributed by atoms with E-state index in [1.54, 1.807) is 57.5 Å². The van der Waals surface area contributed by atoms with Crippen LogP contribution < -0.4 is 20.1 Å². The predicted molar refractivity (Wildman–Crippen MR) is 106 cm³/mol. The highest BCUT2D eigenvalue weighted by Crippen LogP contribution is 2.31. The Morgan fingerprint density at radius 2 is 1.71 bits per heavy atom. The molecule has 0 bridgehead atoms. The van der Waals surface area contributed by atoms with Gasteiger partial charge in [0.25, 0.3) is 0 Å². The fourth-order valence-electron chi connectivity index (χ4n) is 2.62. The average molecular weight is 380 g/mol. The molecule has 0 spiro atoms. The van der Waals surface area contributed by atoms with E-state index in [4.69, 9.17) is 14.6 Å². The van der Waals surface area contributed by atoms with Crippen molar-refractivity contribution in [2.45, 2.75) is 6.92 Å². The lowest BCUT2D eigenvalue weighted by Crippen LogP contribution is -2.03. The van der Waals surface area contributed by atoms with E-state index >= 15 is 0 Å². The molecule has 0 fully saturated rings. The van der Waals surface area contributed by atoms with Gasteiger partial charge >= 0.3 is 5.97 Å². The Bertz CT molecular complexity index is 1010. The van der Waals surface area contributed by atoms with E-state index in [1.165, 1.54) is 12.1 Å². The Morgan fingerprint density at radius 1 is 0.964 bits per heavy atom. The third-order valence-electron chi connectivity index (χ3n) is 3.89. The molecule has 0 saturated carbocycles. The Kier molecular flexibility index (Phi) is 5.59. The van der Waals surface area contributed by atoms with Crippen LogP contribution in [0.5, 0.6) is 11.5 Å². The molecule has 0 saturated heterocycles. The number of nitrogens with one attached hydrogen (secondary N) is 2. The molecule has 144 valence electrons. The first-order valence-electron chi connectivity index (χ1n) is 8.43. The molecule has 0 radical (unpaired) electrons. The molecule has 0 atom stereocenters. The van der Waals surface area contributed by atoms with Gasteiger partial charge in [0.1, 0.15) is 29.0 Å². The summed E-state index contributed by atoms with van der Waals surface area (Å²) in [5, 5.41) is 15.4. The largest absolute Gasteiger partial charge is 0.497 e. The van der Waals surface area contributed by atoms with Crippen LogP contribution in [-0.2, 0) is 0 Å². The van der Waals surface area contributed by atoms with Gasteiger partial charge in [0.15, 0.2) is 0 Å². The molecule has 3 rings (SSSR count). The molecule has 0 aliphatic carbocycles. The molecule has 0 amide bonds. The first-order valence-corrected chi connectivity index (χ1v) is 8.43. The second-order valence-corrected chi connectivity index (χ2v) is 5.89. The van der Waals surface area contributed by atoms with Gasteiger partial charge in [-0.05, 0) is 37.3 Å². The van der Waals surface area contributed by atoms with Crippen LogP contribution in [0.25, 0.3) is 0 Å². The van der Waals surface area contributed by atoms with Crippen LogP contribution in [0, 0.1) is 6.92 Å². The van der Waals surface area contributed by atoms with Crippen molar-refractivity contribution in [3.8, 4) is 11.5 Å². The number of benzene rings is 2. The van der Waals surface area contributed by atoms with Crippen molar-refractivity contribution in [2.75, 3.05) is 24.9 Å². The van der Waals surface area contributed by atoms with Gasteiger partial charge in [0, 0.05) is 17.8 Å². The summed E-state index contributed by atoms with van der Waals surface area (Å²) >= 11 is 0. The average Bonchev–Trinajstić information content (AvgIpc) is 2.67. The Hall–Kier alpha value is -3.81. The monoisotopic (exact) mass is 380 g/mol. The maximum Gasteiger partial charge on any atom is 0.335 e. The molecule has 2 aromatic carbocycles. The number of ether oxygens (including phenoxy) is 2. The van der Waals surface area contributed by atoms with Gasteiger partial charge in [0.05, 0.1) is 25.5 Å². The Morgan fingerprint density at radius 3 is 2.39 bits per heavy atom. The molecule has 0 unspecified atom stereocenters. The highest BCUT2D eigenvalue weighted by atomic mass is 16.5. The van der Waals surface area contributed by atoms with Crippen molar-refractivity contribution < 1.29 is 19.4 Å². The van der Waals surface area contributed by atoms with Gasteiger partial charge < -0.3 is 25.2 Å². The molecule has 0 aliphatic rings. The van der Waals surface area contributed by atoms with Gasteiger partial charge in [-0.15, -0.1) is 0 Å². The molecular weight excluding hydrogens is 360 g/mol. The third kappa shape index (κ3) is 4.47. The lowest BCUT2D eigenvalue weighted by molar-refractivity contribution is 0.0697. The normalized spacial score (nSPS) is 10.2. The first kappa shape index (κ1) is 19.0. The summed E-state index contributed by atoms with van der Waals surface area (Å²) < 4.78 is 10.6. The van der Waals surface area contributed by atoms with Gasteiger partial charge in [-0.1, -0.05) is 6.07 Å². The van der Waals surface area contributed by atoms with Crippen molar-refractivity contribution >= 4 is 29.0 Å². The first-order chi connectivity index (χ1) is 13.5. The number of aromatic nitrogens is 2. The second-order valence-electron chi connectivity index (χ2n) is 5.89. The molecule has 3 aromatic rings. The van der Waals surface area contributed by atoms with Crippen LogP contribution >= 0.6 is 0 Å². The number of hydrogen-bond acceptors (Lipinski definition) is 7. The molecule has 8 nitrogen and oxygen atoms in total. The van der Waals surface area contributed by atoms with Crippen LogP contribution in [0.2, 0.25) is 0 Å². The maximum absolute atomic E-state index is 11.1. The topological polar surface area (TPSA) is 106 Å². The van der Waals surface area contributed by atoms with Gasteiger partial charge in [0.2, 0.25) is 0 Å². The van der Waals surface area contributed by atoms with Crippen molar-refractivity contribution in [2.24, 2.45) is 0 Å². The smallest absolute Gasteiger partial charge is 0.335 e. The summed E-state index contributed by atoms with van der Waals surface area (Å²) in [4.78, 5) is 19.9. The molecule has 28 heavy (non-hydrogen) atoms. The highest BCUT2D eigenvalue weighted by Gasteiger charge is 2.09. The highest BCUT2D eigenvalue weighted by molar-refractivity contribution is 5.89. The van der Waals surface area contributed by atoms with E-state index < -0.39 is 5.97 Å². The van der Waals surface area contributed by atoms with Crippen LogP contribution in [0.4, 0.5) is 23.0 Å². The number of carboxylic acid groups (broad SMARTS) is 1. The Labute approximate surface area is 162 Å². The van der Waals surface area contributed by atoms with Crippen LogP contribution in [0.1, 0.15) is 16.2 Å². The number of carboxylic acids is 1. The summed E-state index contributed by atoms with van der Waals surface area (Å²) in [6.45, 7) is 1.77. The minimum Gasteiger partial charge on any atom is -0.497 e. The predicted octanol–water partition coefficient (Wildman–Crippen LogP) is 3.99. The zero-order valence-electron chi connectivity index (χ0n) is 15.7. The van der Waals surface area contributed by atoms with Gasteiger partial charge in [-0.2, -0.15) is 0 Å². The fourth-order valence-corrected chi connectivity index (χ4v) is 2.62. The summed E-state index contributed by atoms with van der Waals surface area (Å²) in [6.07, 6.45) is 0.